The van der Waals surface area contributed by atoms with E-state index in [0.717, 1.165) is 11.0 Å². The Hall–Kier alpha value is -2.37. The number of amides is 1. The van der Waals surface area contributed by atoms with Crippen LogP contribution in [-0.4, -0.2) is 26.5 Å². The Morgan fingerprint density at radius 3 is 3.06 bits per heavy atom. The van der Waals surface area contributed by atoms with Crippen molar-refractivity contribution in [1.29, 1.82) is 0 Å². The van der Waals surface area contributed by atoms with Gasteiger partial charge in [0.25, 0.3) is 0 Å². The highest BCUT2D eigenvalue weighted by atomic mass is 16.4. The Kier molecular flexibility index (Phi) is 2.29. The highest BCUT2D eigenvalue weighted by Gasteiger charge is 2.29. The molecular formula is C12H11N3O3. The molecule has 1 amide bonds. The van der Waals surface area contributed by atoms with Crippen LogP contribution in [0.25, 0.3) is 11.0 Å². The van der Waals surface area contributed by atoms with E-state index in [1.165, 1.54) is 0 Å². The van der Waals surface area contributed by atoms with E-state index in [9.17, 15) is 9.59 Å². The van der Waals surface area contributed by atoms with Crippen molar-refractivity contribution >= 4 is 28.9 Å². The van der Waals surface area contributed by atoms with E-state index in [1.807, 2.05) is 28.8 Å². The number of anilines is 1. The maximum atomic E-state index is 11.7. The number of nitrogens with one attached hydrogen (secondary N) is 1. The third-order valence-corrected chi connectivity index (χ3v) is 3.08. The summed E-state index contributed by atoms with van der Waals surface area (Å²) < 4.78 is 1.85. The molecule has 2 heterocycles. The summed E-state index contributed by atoms with van der Waals surface area (Å²) in [6, 6.07) is 7.53. The lowest BCUT2D eigenvalue weighted by atomic mass is 10.0. The largest absolute Gasteiger partial charge is 0.481 e. The highest BCUT2D eigenvalue weighted by molar-refractivity contribution is 5.96. The summed E-state index contributed by atoms with van der Waals surface area (Å²) in [5.41, 5.74) is 1.70. The predicted molar refractivity (Wildman–Crippen MR) is 64.1 cm³/mol. The molecule has 6 nitrogen and oxygen atoms in total. The second-order valence-electron chi connectivity index (χ2n) is 4.32. The lowest BCUT2D eigenvalue weighted by Crippen LogP contribution is -2.34. The molecule has 0 spiro atoms. The highest BCUT2D eigenvalue weighted by Crippen LogP contribution is 2.26. The van der Waals surface area contributed by atoms with Crippen LogP contribution >= 0.6 is 0 Å². The van der Waals surface area contributed by atoms with Crippen LogP contribution in [0.15, 0.2) is 24.3 Å². The van der Waals surface area contributed by atoms with Gasteiger partial charge < -0.3 is 9.67 Å². The van der Waals surface area contributed by atoms with Gasteiger partial charge in [0.15, 0.2) is 0 Å². The minimum Gasteiger partial charge on any atom is -0.481 e. The lowest BCUT2D eigenvalue weighted by Gasteiger charge is -2.22. The Balaban J connectivity index is 2.04. The molecule has 0 aliphatic carbocycles. The van der Waals surface area contributed by atoms with Crippen LogP contribution in [0.2, 0.25) is 0 Å². The number of fused-ring (bicyclic) bond motifs is 3. The van der Waals surface area contributed by atoms with Crippen LogP contribution in [0.4, 0.5) is 5.95 Å². The zero-order valence-electron chi connectivity index (χ0n) is 9.46. The zero-order chi connectivity index (χ0) is 12.7. The molecule has 1 aromatic carbocycles. The predicted octanol–water partition coefficient (Wildman–Crippen LogP) is 1.08. The second-order valence-corrected chi connectivity index (χ2v) is 4.32. The molecule has 3 rings (SSSR count). The van der Waals surface area contributed by atoms with Crippen LogP contribution in [0.5, 0.6) is 0 Å². The summed E-state index contributed by atoms with van der Waals surface area (Å²) in [5.74, 6) is -1.31. The van der Waals surface area contributed by atoms with E-state index in [2.05, 4.69) is 10.3 Å². The van der Waals surface area contributed by atoms with E-state index in [-0.39, 0.29) is 12.3 Å². The van der Waals surface area contributed by atoms with Crippen molar-refractivity contribution in [2.24, 2.45) is 5.92 Å². The van der Waals surface area contributed by atoms with Gasteiger partial charge in [-0.3, -0.25) is 14.9 Å². The molecule has 1 aliphatic heterocycles. The fourth-order valence-corrected chi connectivity index (χ4v) is 2.24. The third-order valence-electron chi connectivity index (χ3n) is 3.08. The van der Waals surface area contributed by atoms with E-state index in [0.29, 0.717) is 12.5 Å². The molecular weight excluding hydrogens is 234 g/mol. The van der Waals surface area contributed by atoms with Gasteiger partial charge in [-0.15, -0.1) is 0 Å². The van der Waals surface area contributed by atoms with Gasteiger partial charge in [0.2, 0.25) is 11.9 Å². The van der Waals surface area contributed by atoms with Gasteiger partial charge in [-0.25, -0.2) is 4.98 Å². The number of carbonyl (C=O) groups excluding carboxylic acids is 1. The van der Waals surface area contributed by atoms with Crippen LogP contribution in [0, 0.1) is 5.92 Å². The molecule has 18 heavy (non-hydrogen) atoms. The van der Waals surface area contributed by atoms with Crippen molar-refractivity contribution in [3.8, 4) is 0 Å². The van der Waals surface area contributed by atoms with E-state index < -0.39 is 11.9 Å². The number of para-hydroxylation sites is 2. The fraction of sp³-hybridized carbons (Fsp3) is 0.250. The molecule has 0 bridgehead atoms. The topological polar surface area (TPSA) is 84.2 Å². The van der Waals surface area contributed by atoms with Crippen molar-refractivity contribution in [3.05, 3.63) is 24.3 Å². The molecule has 2 aromatic rings. The summed E-state index contributed by atoms with van der Waals surface area (Å²) in [6.45, 7) is 0.355. The maximum Gasteiger partial charge on any atom is 0.304 e. The monoisotopic (exact) mass is 245 g/mol. The van der Waals surface area contributed by atoms with E-state index >= 15 is 0 Å². The Morgan fingerprint density at radius 2 is 2.28 bits per heavy atom. The number of hydrogen-bond acceptors (Lipinski definition) is 3. The van der Waals surface area contributed by atoms with Crippen LogP contribution in [0.3, 0.4) is 0 Å². The normalized spacial score (nSPS) is 18.4. The Morgan fingerprint density at radius 1 is 1.50 bits per heavy atom. The van der Waals surface area contributed by atoms with E-state index in [4.69, 9.17) is 5.11 Å². The third kappa shape index (κ3) is 1.62. The summed E-state index contributed by atoms with van der Waals surface area (Å²) in [6.07, 6.45) is -0.169. The van der Waals surface area contributed by atoms with Gasteiger partial charge in [0.05, 0.1) is 23.4 Å². The summed E-state index contributed by atoms with van der Waals surface area (Å²) in [7, 11) is 0. The molecule has 6 heteroatoms. The van der Waals surface area contributed by atoms with Gasteiger partial charge >= 0.3 is 5.97 Å². The first-order valence-electron chi connectivity index (χ1n) is 5.63. The van der Waals surface area contributed by atoms with Crippen molar-refractivity contribution < 1.29 is 14.7 Å². The van der Waals surface area contributed by atoms with Gasteiger partial charge in [0, 0.05) is 6.54 Å². The SMILES string of the molecule is O=C(O)CC1Cn2c(nc3ccccc32)NC1=O. The molecule has 0 fully saturated rings. The number of benzene rings is 1. The number of carbonyl (C=O) groups is 2. The Bertz CT molecular complexity index is 647. The first-order valence-corrected chi connectivity index (χ1v) is 5.63. The average molecular weight is 245 g/mol. The molecule has 0 saturated carbocycles. The smallest absolute Gasteiger partial charge is 0.304 e. The fourth-order valence-electron chi connectivity index (χ4n) is 2.24. The molecule has 1 atom stereocenters. The number of hydrogen-bond donors (Lipinski definition) is 2. The molecule has 1 unspecified atom stereocenters. The number of carboxylic acids is 1. The quantitative estimate of drug-likeness (QED) is 0.829. The maximum absolute atomic E-state index is 11.7. The molecule has 0 radical (unpaired) electrons. The Labute approximate surface area is 102 Å². The average Bonchev–Trinajstić information content (AvgIpc) is 2.66. The van der Waals surface area contributed by atoms with Crippen LogP contribution in [-0.2, 0) is 16.1 Å². The zero-order valence-corrected chi connectivity index (χ0v) is 9.46. The van der Waals surface area contributed by atoms with Gasteiger partial charge in [-0.1, -0.05) is 12.1 Å². The van der Waals surface area contributed by atoms with Crippen LogP contribution < -0.4 is 5.32 Å². The minimum absolute atomic E-state index is 0.169. The van der Waals surface area contributed by atoms with Crippen molar-refractivity contribution in [1.82, 2.24) is 9.55 Å². The van der Waals surface area contributed by atoms with Gasteiger partial charge in [0.1, 0.15) is 0 Å². The molecule has 2 N–H and O–H groups in total. The molecule has 1 aliphatic rings. The van der Waals surface area contributed by atoms with Crippen molar-refractivity contribution in [2.75, 3.05) is 5.32 Å². The summed E-state index contributed by atoms with van der Waals surface area (Å²) in [4.78, 5) is 26.8. The number of nitrogens with zero attached hydrogens (tertiary/aromatic N) is 2. The van der Waals surface area contributed by atoms with Gasteiger partial charge in [-0.05, 0) is 12.1 Å². The van der Waals surface area contributed by atoms with Gasteiger partial charge in [-0.2, -0.15) is 0 Å². The molecule has 92 valence electrons. The summed E-state index contributed by atoms with van der Waals surface area (Å²) in [5, 5.41) is 11.4. The molecule has 0 saturated heterocycles. The summed E-state index contributed by atoms with van der Waals surface area (Å²) >= 11 is 0. The molecule has 1 aromatic heterocycles. The van der Waals surface area contributed by atoms with E-state index in [1.54, 1.807) is 0 Å². The number of carboxylic acid groups (broad SMARTS) is 1. The lowest BCUT2D eigenvalue weighted by molar-refractivity contribution is -0.140. The number of rotatable bonds is 2. The van der Waals surface area contributed by atoms with Crippen molar-refractivity contribution in [2.45, 2.75) is 13.0 Å². The standard InChI is InChI=1S/C12H11N3O3/c16-10(17)5-7-6-15-9-4-2-1-3-8(9)13-12(15)14-11(7)18/h1-4,7H,5-6H2,(H,16,17)(H,13,14,18). The number of imidazole rings is 1. The van der Waals surface area contributed by atoms with Crippen LogP contribution in [0.1, 0.15) is 6.42 Å². The first kappa shape index (κ1) is 10.8. The van der Waals surface area contributed by atoms with Crippen molar-refractivity contribution in [3.63, 3.8) is 0 Å². The number of aliphatic carboxylic acids is 1. The first-order chi connectivity index (χ1) is 8.65. The second kappa shape index (κ2) is 3.83. The number of aromatic nitrogens is 2. The minimum atomic E-state index is -0.969.